The zero-order chi connectivity index (χ0) is 28.0. The lowest BCUT2D eigenvalue weighted by Crippen LogP contribution is -2.31. The molecule has 7 heterocycles. The Morgan fingerprint density at radius 2 is 1.37 bits per heavy atom. The minimum absolute atomic E-state index is 0.0411. The Labute approximate surface area is 235 Å². The second-order valence-electron chi connectivity index (χ2n) is 10.1. The SMILES string of the molecule is O=c1cc(-c2cnn3ccnc3c2)cc[nH]1.O=c1cc(-c2cnn3ccnc3c2)ccn1CCCN1CCCCC1. The first-order valence-electron chi connectivity index (χ1n) is 13.8. The average Bonchev–Trinajstić information content (AvgIpc) is 3.68. The van der Waals surface area contributed by atoms with Crippen LogP contribution in [0.25, 0.3) is 33.5 Å². The number of nitrogens with zero attached hydrogens (tertiary/aromatic N) is 8. The molecule has 0 aliphatic carbocycles. The summed E-state index contributed by atoms with van der Waals surface area (Å²) >= 11 is 0. The molecule has 0 unspecified atom stereocenters. The van der Waals surface area contributed by atoms with Crippen LogP contribution in [0.15, 0.2) is 95.6 Å². The summed E-state index contributed by atoms with van der Waals surface area (Å²) in [4.78, 5) is 37.1. The minimum Gasteiger partial charge on any atom is -0.329 e. The van der Waals surface area contributed by atoms with Gasteiger partial charge in [0.2, 0.25) is 5.56 Å². The van der Waals surface area contributed by atoms with Gasteiger partial charge in [-0.2, -0.15) is 10.2 Å². The number of hydrogen-bond donors (Lipinski definition) is 1. The van der Waals surface area contributed by atoms with Crippen molar-refractivity contribution in [2.75, 3.05) is 19.6 Å². The number of imidazole rings is 2. The fraction of sp³-hybridized carbons (Fsp3) is 0.267. The summed E-state index contributed by atoms with van der Waals surface area (Å²) < 4.78 is 5.19. The Balaban J connectivity index is 0.000000162. The van der Waals surface area contributed by atoms with Gasteiger partial charge >= 0.3 is 0 Å². The number of aromatic amines is 1. The van der Waals surface area contributed by atoms with Crippen molar-refractivity contribution in [1.29, 1.82) is 0 Å². The summed E-state index contributed by atoms with van der Waals surface area (Å²) in [5.41, 5.74) is 4.97. The molecule has 1 N–H and O–H groups in total. The lowest BCUT2D eigenvalue weighted by atomic mass is 10.1. The Hall–Kier alpha value is -4.90. The number of pyridine rings is 2. The van der Waals surface area contributed by atoms with Crippen molar-refractivity contribution in [1.82, 2.24) is 43.6 Å². The molecule has 0 aromatic carbocycles. The van der Waals surface area contributed by atoms with E-state index in [1.54, 1.807) is 63.0 Å². The highest BCUT2D eigenvalue weighted by Crippen LogP contribution is 2.18. The molecule has 6 aromatic rings. The topological polar surface area (TPSA) is 118 Å². The third-order valence-corrected chi connectivity index (χ3v) is 7.27. The van der Waals surface area contributed by atoms with Crippen molar-refractivity contribution in [3.05, 3.63) is 107 Å². The molecule has 1 saturated heterocycles. The van der Waals surface area contributed by atoms with Gasteiger partial charge in [-0.3, -0.25) is 9.59 Å². The number of nitrogens with one attached hydrogen (secondary N) is 1. The van der Waals surface area contributed by atoms with Crippen LogP contribution >= 0.6 is 0 Å². The van der Waals surface area contributed by atoms with E-state index in [4.69, 9.17) is 0 Å². The maximum absolute atomic E-state index is 12.4. The summed E-state index contributed by atoms with van der Waals surface area (Å²) in [6.07, 6.45) is 19.0. The number of aryl methyl sites for hydroxylation is 1. The zero-order valence-corrected chi connectivity index (χ0v) is 22.6. The Kier molecular flexibility index (Phi) is 7.76. The number of likely N-dealkylation sites (tertiary alicyclic amines) is 1. The molecule has 6 aromatic heterocycles. The molecule has 0 radical (unpaired) electrons. The highest BCUT2D eigenvalue weighted by molar-refractivity contribution is 5.66. The molecule has 1 fully saturated rings. The van der Waals surface area contributed by atoms with Crippen molar-refractivity contribution < 1.29 is 0 Å². The van der Waals surface area contributed by atoms with E-state index in [0.29, 0.717) is 0 Å². The summed E-state index contributed by atoms with van der Waals surface area (Å²) in [5.74, 6) is 0. The van der Waals surface area contributed by atoms with E-state index in [0.717, 1.165) is 53.1 Å². The minimum atomic E-state index is -0.124. The third-order valence-electron chi connectivity index (χ3n) is 7.27. The smallest absolute Gasteiger partial charge is 0.251 e. The zero-order valence-electron chi connectivity index (χ0n) is 22.6. The van der Waals surface area contributed by atoms with Crippen LogP contribution in [0, 0.1) is 0 Å². The highest BCUT2D eigenvalue weighted by Gasteiger charge is 2.10. The van der Waals surface area contributed by atoms with Gasteiger partial charge in [-0.25, -0.2) is 19.0 Å². The molecular weight excluding hydrogens is 518 g/mol. The molecule has 1 aliphatic heterocycles. The Morgan fingerprint density at radius 3 is 2.00 bits per heavy atom. The van der Waals surface area contributed by atoms with E-state index >= 15 is 0 Å². The fourth-order valence-corrected chi connectivity index (χ4v) is 5.08. The lowest BCUT2D eigenvalue weighted by molar-refractivity contribution is 0.222. The largest absolute Gasteiger partial charge is 0.329 e. The van der Waals surface area contributed by atoms with Gasteiger partial charge in [0.05, 0.1) is 12.4 Å². The van der Waals surface area contributed by atoms with Crippen LogP contribution in [0.5, 0.6) is 0 Å². The van der Waals surface area contributed by atoms with Gasteiger partial charge < -0.3 is 14.5 Å². The normalized spacial score (nSPS) is 13.8. The summed E-state index contributed by atoms with van der Waals surface area (Å²) in [5, 5.41) is 8.50. The number of hydrogen-bond acceptors (Lipinski definition) is 7. The van der Waals surface area contributed by atoms with Crippen molar-refractivity contribution in [2.24, 2.45) is 0 Å². The molecule has 41 heavy (non-hydrogen) atoms. The van der Waals surface area contributed by atoms with Gasteiger partial charge in [-0.15, -0.1) is 0 Å². The van der Waals surface area contributed by atoms with Gasteiger partial charge in [0, 0.05) is 67.0 Å². The van der Waals surface area contributed by atoms with Crippen LogP contribution in [-0.4, -0.2) is 63.3 Å². The lowest BCUT2D eigenvalue weighted by Gasteiger charge is -2.26. The summed E-state index contributed by atoms with van der Waals surface area (Å²) in [6, 6.07) is 10.9. The van der Waals surface area contributed by atoms with E-state index < -0.39 is 0 Å². The summed E-state index contributed by atoms with van der Waals surface area (Å²) in [6.45, 7) is 4.26. The second-order valence-corrected chi connectivity index (χ2v) is 10.1. The molecule has 1 aliphatic rings. The monoisotopic (exact) mass is 549 g/mol. The molecule has 0 bridgehead atoms. The summed E-state index contributed by atoms with van der Waals surface area (Å²) in [7, 11) is 0. The van der Waals surface area contributed by atoms with Crippen LogP contribution in [0.2, 0.25) is 0 Å². The number of H-pyrrole nitrogens is 1. The van der Waals surface area contributed by atoms with Crippen molar-refractivity contribution >= 4 is 11.3 Å². The van der Waals surface area contributed by atoms with Crippen LogP contribution in [-0.2, 0) is 6.54 Å². The fourth-order valence-electron chi connectivity index (χ4n) is 5.08. The van der Waals surface area contributed by atoms with Crippen molar-refractivity contribution in [3.8, 4) is 22.3 Å². The van der Waals surface area contributed by atoms with Gasteiger partial charge in [-0.1, -0.05) is 6.42 Å². The first-order chi connectivity index (χ1) is 20.1. The third kappa shape index (κ3) is 6.30. The highest BCUT2D eigenvalue weighted by atomic mass is 16.1. The molecule has 0 amide bonds. The average molecular weight is 550 g/mol. The Morgan fingerprint density at radius 1 is 0.707 bits per heavy atom. The first kappa shape index (κ1) is 26.3. The number of piperidine rings is 1. The van der Waals surface area contributed by atoms with Crippen LogP contribution in [0.4, 0.5) is 0 Å². The molecule has 0 spiro atoms. The number of aromatic nitrogens is 8. The second kappa shape index (κ2) is 12.1. The predicted octanol–water partition coefficient (Wildman–Crippen LogP) is 3.52. The van der Waals surface area contributed by atoms with E-state index in [1.165, 1.54) is 38.4 Å². The predicted molar refractivity (Wildman–Crippen MR) is 157 cm³/mol. The van der Waals surface area contributed by atoms with Gasteiger partial charge in [0.1, 0.15) is 0 Å². The Bertz CT molecular complexity index is 1880. The van der Waals surface area contributed by atoms with E-state index in [2.05, 4.69) is 30.0 Å². The van der Waals surface area contributed by atoms with E-state index in [9.17, 15) is 9.59 Å². The molecule has 11 heteroatoms. The molecule has 7 rings (SSSR count). The van der Waals surface area contributed by atoms with Crippen LogP contribution in [0.3, 0.4) is 0 Å². The molecular formula is C30H31N9O2. The van der Waals surface area contributed by atoms with E-state index in [-0.39, 0.29) is 11.1 Å². The van der Waals surface area contributed by atoms with Crippen LogP contribution < -0.4 is 11.1 Å². The molecule has 0 atom stereocenters. The van der Waals surface area contributed by atoms with Gasteiger partial charge in [0.15, 0.2) is 11.3 Å². The van der Waals surface area contributed by atoms with Crippen molar-refractivity contribution in [2.45, 2.75) is 32.2 Å². The standard InChI is InChI=1S/C19H23N5O.C11H8N4O/c25-19-14-16(17-13-18-20-6-12-24(18)21-15-17)5-11-23(19)10-4-9-22-7-2-1-3-8-22;16-11-6-8(1-2-13-11)9-5-10-12-3-4-15(10)14-7-9/h5-6,11-15H,1-4,7-10H2;1-7H,(H,13,16). The molecule has 208 valence electrons. The van der Waals surface area contributed by atoms with Crippen LogP contribution in [0.1, 0.15) is 25.7 Å². The number of rotatable bonds is 6. The van der Waals surface area contributed by atoms with Gasteiger partial charge in [0.25, 0.3) is 5.56 Å². The maximum atomic E-state index is 12.4. The number of fused-ring (bicyclic) bond motifs is 2. The van der Waals surface area contributed by atoms with Gasteiger partial charge in [-0.05, 0) is 74.3 Å². The van der Waals surface area contributed by atoms with Crippen molar-refractivity contribution in [3.63, 3.8) is 0 Å². The van der Waals surface area contributed by atoms with E-state index in [1.807, 2.05) is 30.5 Å². The first-order valence-corrected chi connectivity index (χ1v) is 13.8. The molecule has 11 nitrogen and oxygen atoms in total. The maximum Gasteiger partial charge on any atom is 0.251 e. The quantitative estimate of drug-likeness (QED) is 0.338. The molecule has 0 saturated carbocycles.